The molecule has 0 aliphatic rings. The number of thiazole rings is 1. The van der Waals surface area contributed by atoms with Gasteiger partial charge in [-0.2, -0.15) is 11.3 Å². The Bertz CT molecular complexity index is 354. The molecule has 0 aliphatic carbocycles. The van der Waals surface area contributed by atoms with E-state index >= 15 is 0 Å². The molecule has 0 saturated carbocycles. The molecule has 0 amide bonds. The summed E-state index contributed by atoms with van der Waals surface area (Å²) in [5.41, 5.74) is 2.41. The van der Waals surface area contributed by atoms with Gasteiger partial charge < -0.3 is 0 Å². The Kier molecular flexibility index (Phi) is 1.98. The van der Waals surface area contributed by atoms with Gasteiger partial charge >= 0.3 is 0 Å². The lowest BCUT2D eigenvalue weighted by molar-refractivity contribution is 1.23. The predicted octanol–water partition coefficient (Wildman–Crippen LogP) is 3.49. The third-order valence-electron chi connectivity index (χ3n) is 1.80. The van der Waals surface area contributed by atoms with Crippen molar-refractivity contribution in [2.24, 2.45) is 0 Å². The van der Waals surface area contributed by atoms with E-state index < -0.39 is 0 Å². The summed E-state index contributed by atoms with van der Waals surface area (Å²) in [4.78, 5) is 5.79. The first-order chi connectivity index (χ1) is 5.77. The molecule has 0 atom stereocenters. The van der Waals surface area contributed by atoms with E-state index in [9.17, 15) is 0 Å². The molecule has 2 rings (SSSR count). The summed E-state index contributed by atoms with van der Waals surface area (Å²) >= 11 is 3.48. The fourth-order valence-corrected chi connectivity index (χ4v) is 2.61. The Hall–Kier alpha value is -0.670. The summed E-state index contributed by atoms with van der Waals surface area (Å²) in [6, 6.07) is 2.11. The van der Waals surface area contributed by atoms with Crippen molar-refractivity contribution in [3.05, 3.63) is 27.4 Å². The largest absolute Gasteiger partial charge is 0.241 e. The van der Waals surface area contributed by atoms with Crippen LogP contribution in [0.25, 0.3) is 10.6 Å². The Morgan fingerprint density at radius 3 is 2.67 bits per heavy atom. The number of aryl methyl sites for hydroxylation is 2. The third kappa shape index (κ3) is 1.30. The molecule has 2 heterocycles. The summed E-state index contributed by atoms with van der Waals surface area (Å²) in [5, 5.41) is 5.37. The van der Waals surface area contributed by atoms with Gasteiger partial charge in [-0.3, -0.25) is 0 Å². The Labute approximate surface area is 79.7 Å². The maximum absolute atomic E-state index is 4.48. The van der Waals surface area contributed by atoms with E-state index in [1.54, 1.807) is 22.7 Å². The molecule has 0 bridgehead atoms. The van der Waals surface area contributed by atoms with Crippen LogP contribution in [0.2, 0.25) is 0 Å². The van der Waals surface area contributed by atoms with Crippen molar-refractivity contribution in [1.29, 1.82) is 0 Å². The zero-order chi connectivity index (χ0) is 8.55. The fraction of sp³-hybridized carbons (Fsp3) is 0.222. The number of rotatable bonds is 1. The van der Waals surface area contributed by atoms with Gasteiger partial charge in [0, 0.05) is 15.8 Å². The van der Waals surface area contributed by atoms with Crippen LogP contribution in [0.3, 0.4) is 0 Å². The summed E-state index contributed by atoms with van der Waals surface area (Å²) < 4.78 is 0. The quantitative estimate of drug-likeness (QED) is 0.678. The van der Waals surface area contributed by atoms with E-state index in [0.717, 1.165) is 10.7 Å². The van der Waals surface area contributed by atoms with Crippen molar-refractivity contribution >= 4 is 22.7 Å². The van der Waals surface area contributed by atoms with Gasteiger partial charge in [-0.05, 0) is 25.3 Å². The van der Waals surface area contributed by atoms with Gasteiger partial charge in [-0.15, -0.1) is 11.3 Å². The van der Waals surface area contributed by atoms with Gasteiger partial charge in [0.15, 0.2) is 0 Å². The lowest BCUT2D eigenvalue weighted by atomic mass is 10.3. The molecule has 1 nitrogen and oxygen atoms in total. The van der Waals surface area contributed by atoms with Gasteiger partial charge in [-0.25, -0.2) is 4.98 Å². The summed E-state index contributed by atoms with van der Waals surface area (Å²) in [6.07, 6.45) is 0. The average Bonchev–Trinajstić information content (AvgIpc) is 2.61. The van der Waals surface area contributed by atoms with Crippen LogP contribution >= 0.6 is 22.7 Å². The van der Waals surface area contributed by atoms with Crippen LogP contribution in [0, 0.1) is 13.8 Å². The predicted molar refractivity (Wildman–Crippen MR) is 54.9 cm³/mol. The summed E-state index contributed by atoms with van der Waals surface area (Å²) in [5.74, 6) is 0. The highest BCUT2D eigenvalue weighted by atomic mass is 32.1. The summed E-state index contributed by atoms with van der Waals surface area (Å²) in [7, 11) is 0. The average molecular weight is 195 g/mol. The van der Waals surface area contributed by atoms with E-state index in [2.05, 4.69) is 35.7 Å². The number of nitrogens with zero attached hydrogens (tertiary/aromatic N) is 1. The standard InChI is InChI=1S/C9H9NS2/c1-6-7(2)12-9(10-6)8-3-4-11-5-8/h3-5H,1-2H3. The molecule has 2 aromatic rings. The molecule has 0 spiro atoms. The molecule has 12 heavy (non-hydrogen) atoms. The van der Waals surface area contributed by atoms with Gasteiger partial charge in [0.05, 0.1) is 5.69 Å². The number of thiophene rings is 1. The fourth-order valence-electron chi connectivity index (χ4n) is 0.982. The summed E-state index contributed by atoms with van der Waals surface area (Å²) in [6.45, 7) is 4.17. The highest BCUT2D eigenvalue weighted by Crippen LogP contribution is 2.28. The molecular weight excluding hydrogens is 186 g/mol. The van der Waals surface area contributed by atoms with Crippen molar-refractivity contribution < 1.29 is 0 Å². The van der Waals surface area contributed by atoms with Gasteiger partial charge in [0.1, 0.15) is 5.01 Å². The smallest absolute Gasteiger partial charge is 0.124 e. The van der Waals surface area contributed by atoms with Crippen molar-refractivity contribution in [3.63, 3.8) is 0 Å². The maximum atomic E-state index is 4.48. The van der Waals surface area contributed by atoms with Crippen molar-refractivity contribution in [1.82, 2.24) is 4.98 Å². The van der Waals surface area contributed by atoms with Gasteiger partial charge in [0.2, 0.25) is 0 Å². The lowest BCUT2D eigenvalue weighted by Gasteiger charge is -1.85. The van der Waals surface area contributed by atoms with E-state index in [-0.39, 0.29) is 0 Å². The van der Waals surface area contributed by atoms with E-state index in [0.29, 0.717) is 0 Å². The van der Waals surface area contributed by atoms with Crippen molar-refractivity contribution in [2.45, 2.75) is 13.8 Å². The second-order valence-electron chi connectivity index (χ2n) is 2.67. The molecular formula is C9H9NS2. The first kappa shape index (κ1) is 7.95. The minimum Gasteiger partial charge on any atom is -0.241 e. The molecule has 0 saturated heterocycles. The third-order valence-corrected chi connectivity index (χ3v) is 3.60. The van der Waals surface area contributed by atoms with Crippen molar-refractivity contribution in [3.8, 4) is 10.6 Å². The Balaban J connectivity index is 2.48. The molecule has 0 N–H and O–H groups in total. The van der Waals surface area contributed by atoms with Crippen LogP contribution < -0.4 is 0 Å². The molecule has 0 fully saturated rings. The monoisotopic (exact) mass is 195 g/mol. The van der Waals surface area contributed by atoms with Gasteiger partial charge in [0.25, 0.3) is 0 Å². The van der Waals surface area contributed by atoms with Crippen LogP contribution in [0.1, 0.15) is 10.6 Å². The zero-order valence-electron chi connectivity index (χ0n) is 7.00. The second-order valence-corrected chi connectivity index (χ2v) is 4.66. The topological polar surface area (TPSA) is 12.9 Å². The second kappa shape index (κ2) is 2.99. The Morgan fingerprint density at radius 2 is 2.17 bits per heavy atom. The normalized spacial score (nSPS) is 10.5. The van der Waals surface area contributed by atoms with E-state index in [4.69, 9.17) is 0 Å². The van der Waals surface area contributed by atoms with E-state index in [1.807, 2.05) is 0 Å². The molecule has 62 valence electrons. The molecule has 2 aromatic heterocycles. The number of aromatic nitrogens is 1. The van der Waals surface area contributed by atoms with Crippen LogP contribution in [-0.2, 0) is 0 Å². The maximum Gasteiger partial charge on any atom is 0.124 e. The van der Waals surface area contributed by atoms with E-state index in [1.165, 1.54) is 10.4 Å². The number of hydrogen-bond acceptors (Lipinski definition) is 3. The van der Waals surface area contributed by atoms with Crippen LogP contribution in [0.5, 0.6) is 0 Å². The van der Waals surface area contributed by atoms with Crippen LogP contribution in [0.15, 0.2) is 16.8 Å². The zero-order valence-corrected chi connectivity index (χ0v) is 8.63. The SMILES string of the molecule is Cc1nc(-c2ccsc2)sc1C. The molecule has 3 heteroatoms. The molecule has 0 radical (unpaired) electrons. The Morgan fingerprint density at radius 1 is 1.33 bits per heavy atom. The van der Waals surface area contributed by atoms with Crippen molar-refractivity contribution in [2.75, 3.05) is 0 Å². The highest BCUT2D eigenvalue weighted by Gasteiger charge is 2.05. The minimum atomic E-state index is 1.14. The first-order valence-corrected chi connectivity index (χ1v) is 5.50. The molecule has 0 aliphatic heterocycles. The van der Waals surface area contributed by atoms with Crippen LogP contribution in [0.4, 0.5) is 0 Å². The molecule has 0 unspecified atom stereocenters. The highest BCUT2D eigenvalue weighted by molar-refractivity contribution is 7.15. The minimum absolute atomic E-state index is 1.14. The van der Waals surface area contributed by atoms with Gasteiger partial charge in [-0.1, -0.05) is 0 Å². The first-order valence-electron chi connectivity index (χ1n) is 3.74. The van der Waals surface area contributed by atoms with Crippen LogP contribution in [-0.4, -0.2) is 4.98 Å². The molecule has 0 aromatic carbocycles. The lowest BCUT2D eigenvalue weighted by Crippen LogP contribution is -1.73. The number of hydrogen-bond donors (Lipinski definition) is 0.